The van der Waals surface area contributed by atoms with Gasteiger partial charge in [0.05, 0.1) is 19.9 Å². The fourth-order valence-corrected chi connectivity index (χ4v) is 5.24. The maximum Gasteiger partial charge on any atom is 0.326 e. The number of rotatable bonds is 7. The van der Waals surface area contributed by atoms with Crippen LogP contribution in [0, 0.1) is 5.92 Å². The van der Waals surface area contributed by atoms with Crippen LogP contribution in [-0.4, -0.2) is 54.1 Å². The lowest BCUT2D eigenvalue weighted by molar-refractivity contribution is -0.149. The number of ether oxygens (including phenoxy) is 3. The maximum absolute atomic E-state index is 13.0. The number of amides is 3. The van der Waals surface area contributed by atoms with E-state index in [-0.39, 0.29) is 18.4 Å². The Morgan fingerprint density at radius 1 is 1.24 bits per heavy atom. The van der Waals surface area contributed by atoms with Crippen molar-refractivity contribution in [2.24, 2.45) is 5.92 Å². The number of aromatic nitrogens is 1. The molecule has 0 bridgehead atoms. The highest BCUT2D eigenvalue weighted by Crippen LogP contribution is 2.38. The Balaban J connectivity index is 1.36. The van der Waals surface area contributed by atoms with Crippen LogP contribution in [-0.2, 0) is 20.9 Å². The monoisotopic (exact) mass is 473 g/mol. The predicted molar refractivity (Wildman–Crippen MR) is 121 cm³/mol. The summed E-state index contributed by atoms with van der Waals surface area (Å²) in [5.41, 5.74) is 0.535. The van der Waals surface area contributed by atoms with E-state index >= 15 is 0 Å². The van der Waals surface area contributed by atoms with Gasteiger partial charge in [-0.15, -0.1) is 11.3 Å². The van der Waals surface area contributed by atoms with Gasteiger partial charge in [-0.05, 0) is 37.0 Å². The average molecular weight is 474 g/mol. The van der Waals surface area contributed by atoms with E-state index in [1.165, 1.54) is 11.3 Å². The van der Waals surface area contributed by atoms with Gasteiger partial charge in [0.15, 0.2) is 11.5 Å². The standard InChI is InChI=1S/C23H27N3O6S/c1-14-6-4-5-9-23(14)21(28)26(22(29)25-23)11-19(27)32-12-16-13-33-20(24-16)15-7-8-17(30-2)18(10-15)31-3/h7-8,10,13-14H,4-6,9,11-12H2,1-3H3,(H,25,29). The summed E-state index contributed by atoms with van der Waals surface area (Å²) in [5.74, 6) is 0.267. The van der Waals surface area contributed by atoms with Crippen LogP contribution in [0.4, 0.5) is 4.79 Å². The summed E-state index contributed by atoms with van der Waals surface area (Å²) in [6, 6.07) is 4.96. The normalized spacial score (nSPS) is 22.4. The number of hydrogen-bond donors (Lipinski definition) is 1. The van der Waals surface area contributed by atoms with Crippen LogP contribution in [0.25, 0.3) is 10.6 Å². The van der Waals surface area contributed by atoms with Crippen LogP contribution in [0.5, 0.6) is 11.5 Å². The third-order valence-corrected chi connectivity index (χ3v) is 7.29. The summed E-state index contributed by atoms with van der Waals surface area (Å²) in [6.45, 7) is 1.51. The van der Waals surface area contributed by atoms with Crippen LogP contribution in [0.2, 0.25) is 0 Å². The molecule has 4 rings (SSSR count). The minimum Gasteiger partial charge on any atom is -0.493 e. The number of nitrogens with zero attached hydrogens (tertiary/aromatic N) is 2. The molecule has 33 heavy (non-hydrogen) atoms. The smallest absolute Gasteiger partial charge is 0.326 e. The number of thiazole rings is 1. The maximum atomic E-state index is 13.0. The van der Waals surface area contributed by atoms with Crippen molar-refractivity contribution in [3.8, 4) is 22.1 Å². The van der Waals surface area contributed by atoms with E-state index in [0.717, 1.165) is 34.7 Å². The summed E-state index contributed by atoms with van der Waals surface area (Å²) in [4.78, 5) is 43.3. The topological polar surface area (TPSA) is 107 Å². The number of carbonyl (C=O) groups is 3. The van der Waals surface area contributed by atoms with Gasteiger partial charge in [0, 0.05) is 10.9 Å². The molecule has 176 valence electrons. The minimum absolute atomic E-state index is 0.0359. The van der Waals surface area contributed by atoms with Gasteiger partial charge in [0.1, 0.15) is 23.7 Å². The number of methoxy groups -OCH3 is 2. The van der Waals surface area contributed by atoms with Crippen LogP contribution in [0.3, 0.4) is 0 Å². The Labute approximate surface area is 196 Å². The molecule has 1 N–H and O–H groups in total. The highest BCUT2D eigenvalue weighted by Gasteiger charge is 2.55. The molecule has 2 aromatic rings. The lowest BCUT2D eigenvalue weighted by atomic mass is 9.73. The molecule has 1 aromatic carbocycles. The second kappa shape index (κ2) is 9.38. The lowest BCUT2D eigenvalue weighted by Crippen LogP contribution is -2.54. The van der Waals surface area contributed by atoms with Crippen molar-refractivity contribution >= 4 is 29.2 Å². The van der Waals surface area contributed by atoms with Gasteiger partial charge in [-0.25, -0.2) is 9.78 Å². The van der Waals surface area contributed by atoms with Crippen molar-refractivity contribution in [3.05, 3.63) is 29.3 Å². The molecular formula is C23H27N3O6S. The van der Waals surface area contributed by atoms with Crippen molar-refractivity contribution in [3.63, 3.8) is 0 Å². The first-order valence-corrected chi connectivity index (χ1v) is 11.7. The van der Waals surface area contributed by atoms with Crippen molar-refractivity contribution in [2.75, 3.05) is 20.8 Å². The van der Waals surface area contributed by atoms with Gasteiger partial charge in [-0.1, -0.05) is 19.8 Å². The number of hydrogen-bond acceptors (Lipinski definition) is 8. The average Bonchev–Trinajstić information content (AvgIpc) is 3.38. The summed E-state index contributed by atoms with van der Waals surface area (Å²) in [6.07, 6.45) is 3.38. The molecule has 3 amide bonds. The zero-order chi connectivity index (χ0) is 23.6. The Morgan fingerprint density at radius 2 is 2.03 bits per heavy atom. The SMILES string of the molecule is COc1ccc(-c2nc(COC(=O)CN3C(=O)NC4(CCCCC4C)C3=O)cs2)cc1OC. The van der Waals surface area contributed by atoms with Gasteiger partial charge in [0.2, 0.25) is 0 Å². The molecule has 1 saturated heterocycles. The molecule has 2 aliphatic rings. The van der Waals surface area contributed by atoms with Gasteiger partial charge in [-0.3, -0.25) is 14.5 Å². The highest BCUT2D eigenvalue weighted by atomic mass is 32.1. The first-order valence-electron chi connectivity index (χ1n) is 10.8. The second-order valence-corrected chi connectivity index (χ2v) is 9.17. The Hall–Kier alpha value is -3.14. The first kappa shape index (κ1) is 23.0. The Morgan fingerprint density at radius 3 is 2.76 bits per heavy atom. The highest BCUT2D eigenvalue weighted by molar-refractivity contribution is 7.13. The zero-order valence-corrected chi connectivity index (χ0v) is 19.7. The number of imide groups is 1. The molecule has 9 nitrogen and oxygen atoms in total. The van der Waals surface area contributed by atoms with Gasteiger partial charge >= 0.3 is 12.0 Å². The van der Waals surface area contributed by atoms with E-state index in [4.69, 9.17) is 14.2 Å². The number of nitrogens with one attached hydrogen (secondary N) is 1. The van der Waals surface area contributed by atoms with Crippen molar-refractivity contribution in [1.82, 2.24) is 15.2 Å². The quantitative estimate of drug-likeness (QED) is 0.485. The third kappa shape index (κ3) is 4.39. The Kier molecular flexibility index (Phi) is 6.55. The summed E-state index contributed by atoms with van der Waals surface area (Å²) >= 11 is 1.41. The van der Waals surface area contributed by atoms with Crippen LogP contribution < -0.4 is 14.8 Å². The van der Waals surface area contributed by atoms with E-state index in [1.54, 1.807) is 25.7 Å². The fourth-order valence-electron chi connectivity index (χ4n) is 4.44. The van der Waals surface area contributed by atoms with E-state index in [0.29, 0.717) is 23.6 Å². The number of urea groups is 1. The van der Waals surface area contributed by atoms with Gasteiger partial charge in [-0.2, -0.15) is 0 Å². The number of benzene rings is 1. The van der Waals surface area contributed by atoms with Crippen LogP contribution in [0.1, 0.15) is 38.3 Å². The number of carbonyl (C=O) groups excluding carboxylic acids is 3. The van der Waals surface area contributed by atoms with E-state index < -0.39 is 24.1 Å². The molecule has 1 aliphatic carbocycles. The van der Waals surface area contributed by atoms with Gasteiger partial charge < -0.3 is 19.5 Å². The van der Waals surface area contributed by atoms with E-state index in [2.05, 4.69) is 10.3 Å². The van der Waals surface area contributed by atoms with Crippen molar-refractivity contribution in [1.29, 1.82) is 0 Å². The fraction of sp³-hybridized carbons (Fsp3) is 0.478. The predicted octanol–water partition coefficient (Wildman–Crippen LogP) is 3.37. The molecule has 2 fully saturated rings. The molecule has 1 saturated carbocycles. The molecule has 0 radical (unpaired) electrons. The third-order valence-electron chi connectivity index (χ3n) is 6.35. The zero-order valence-electron chi connectivity index (χ0n) is 18.9. The second-order valence-electron chi connectivity index (χ2n) is 8.31. The Bertz CT molecular complexity index is 1070. The van der Waals surface area contributed by atoms with Crippen molar-refractivity contribution < 1.29 is 28.6 Å². The molecule has 1 aliphatic heterocycles. The van der Waals surface area contributed by atoms with Crippen LogP contribution >= 0.6 is 11.3 Å². The van der Waals surface area contributed by atoms with Crippen LogP contribution in [0.15, 0.2) is 23.6 Å². The molecule has 2 atom stereocenters. The summed E-state index contributed by atoms with van der Waals surface area (Å²) in [7, 11) is 3.14. The summed E-state index contributed by atoms with van der Waals surface area (Å²) < 4.78 is 15.9. The largest absolute Gasteiger partial charge is 0.493 e. The van der Waals surface area contributed by atoms with E-state index in [1.807, 2.05) is 19.1 Å². The molecular weight excluding hydrogens is 446 g/mol. The minimum atomic E-state index is -0.890. The molecule has 1 spiro atoms. The molecule has 1 aromatic heterocycles. The number of esters is 1. The van der Waals surface area contributed by atoms with Crippen molar-refractivity contribution in [2.45, 2.75) is 44.8 Å². The summed E-state index contributed by atoms with van der Waals surface area (Å²) in [5, 5.41) is 5.37. The first-order chi connectivity index (χ1) is 15.9. The van der Waals surface area contributed by atoms with E-state index in [9.17, 15) is 14.4 Å². The molecule has 2 unspecified atom stereocenters. The van der Waals surface area contributed by atoms with Gasteiger partial charge in [0.25, 0.3) is 5.91 Å². The lowest BCUT2D eigenvalue weighted by Gasteiger charge is -2.36. The molecule has 2 heterocycles. The molecule has 10 heteroatoms.